The monoisotopic (exact) mass is 266 g/mol. The number of hydrogen-bond donors (Lipinski definition) is 2. The third-order valence-corrected chi connectivity index (χ3v) is 2.55. The highest BCUT2D eigenvalue weighted by Crippen LogP contribution is 2.15. The van der Waals surface area contributed by atoms with Crippen molar-refractivity contribution >= 4 is 17.5 Å². The molecule has 0 bridgehead atoms. The molecule has 0 fully saturated rings. The maximum Gasteiger partial charge on any atom is 0.243 e. The number of carbonyl (C=O) groups excluding carboxylic acids is 2. The second kappa shape index (κ2) is 5.82. The summed E-state index contributed by atoms with van der Waals surface area (Å²) in [4.78, 5) is 23.3. The first-order chi connectivity index (χ1) is 8.70. The molecule has 0 radical (unpaired) electrons. The Morgan fingerprint density at radius 3 is 2.42 bits per heavy atom. The largest absolute Gasteiger partial charge is 0.347 e. The second-order valence-corrected chi connectivity index (χ2v) is 5.44. The van der Waals surface area contributed by atoms with E-state index in [1.165, 1.54) is 18.2 Å². The molecule has 2 amide bonds. The first-order valence-electron chi connectivity index (χ1n) is 6.04. The Kier molecular flexibility index (Phi) is 4.64. The van der Waals surface area contributed by atoms with Crippen molar-refractivity contribution in [2.75, 3.05) is 11.9 Å². The van der Waals surface area contributed by atoms with E-state index in [1.807, 2.05) is 0 Å². The fourth-order valence-corrected chi connectivity index (χ4v) is 1.39. The van der Waals surface area contributed by atoms with Crippen LogP contribution in [-0.2, 0) is 9.59 Å². The van der Waals surface area contributed by atoms with Gasteiger partial charge in [-0.15, -0.1) is 0 Å². The van der Waals surface area contributed by atoms with Gasteiger partial charge < -0.3 is 10.6 Å². The number of aryl methyl sites for hydroxylation is 1. The summed E-state index contributed by atoms with van der Waals surface area (Å²) in [6, 6.07) is 4.11. The maximum atomic E-state index is 12.9. The summed E-state index contributed by atoms with van der Waals surface area (Å²) in [5.74, 6) is -0.887. The van der Waals surface area contributed by atoms with Crippen molar-refractivity contribution in [3.05, 3.63) is 29.6 Å². The molecule has 0 saturated heterocycles. The molecule has 0 aliphatic carbocycles. The van der Waals surface area contributed by atoms with E-state index in [0.29, 0.717) is 11.3 Å². The third-order valence-electron chi connectivity index (χ3n) is 2.55. The summed E-state index contributed by atoms with van der Waals surface area (Å²) in [7, 11) is 0. The van der Waals surface area contributed by atoms with Crippen LogP contribution < -0.4 is 10.6 Å². The minimum Gasteiger partial charge on any atom is -0.347 e. The molecule has 0 atom stereocenters. The van der Waals surface area contributed by atoms with Gasteiger partial charge in [0.15, 0.2) is 0 Å². The van der Waals surface area contributed by atoms with E-state index in [4.69, 9.17) is 0 Å². The molecule has 5 heteroatoms. The predicted octanol–water partition coefficient (Wildman–Crippen LogP) is 2.23. The lowest BCUT2D eigenvalue weighted by molar-refractivity contribution is -0.130. The molecule has 4 nitrogen and oxygen atoms in total. The fourth-order valence-electron chi connectivity index (χ4n) is 1.39. The van der Waals surface area contributed by atoms with Crippen LogP contribution in [0.1, 0.15) is 26.3 Å². The normalized spacial score (nSPS) is 11.0. The lowest BCUT2D eigenvalue weighted by atomic mass is 9.96. The van der Waals surface area contributed by atoms with Gasteiger partial charge in [0.2, 0.25) is 11.8 Å². The average Bonchev–Trinajstić information content (AvgIpc) is 2.28. The first-order valence-corrected chi connectivity index (χ1v) is 6.04. The zero-order chi connectivity index (χ0) is 14.6. The van der Waals surface area contributed by atoms with E-state index < -0.39 is 5.41 Å². The molecule has 19 heavy (non-hydrogen) atoms. The molecule has 0 spiro atoms. The molecule has 0 aliphatic rings. The molecule has 1 aromatic rings. The Hall–Kier alpha value is -1.91. The molecule has 0 heterocycles. The molecular formula is C14H19FN2O2. The van der Waals surface area contributed by atoms with E-state index in [9.17, 15) is 14.0 Å². The highest BCUT2D eigenvalue weighted by atomic mass is 19.1. The van der Waals surface area contributed by atoms with Gasteiger partial charge in [0.05, 0.1) is 6.54 Å². The number of hydrogen-bond acceptors (Lipinski definition) is 2. The van der Waals surface area contributed by atoms with Crippen LogP contribution >= 0.6 is 0 Å². The number of amides is 2. The molecule has 0 aliphatic heterocycles. The van der Waals surface area contributed by atoms with Crippen molar-refractivity contribution in [3.63, 3.8) is 0 Å². The van der Waals surface area contributed by atoms with Gasteiger partial charge in [0.25, 0.3) is 0 Å². The molecule has 0 saturated carbocycles. The van der Waals surface area contributed by atoms with E-state index in [2.05, 4.69) is 10.6 Å². The van der Waals surface area contributed by atoms with Crippen LogP contribution in [-0.4, -0.2) is 18.4 Å². The Bertz CT molecular complexity index is 493. The van der Waals surface area contributed by atoms with E-state index in [-0.39, 0.29) is 24.2 Å². The summed E-state index contributed by atoms with van der Waals surface area (Å²) in [5.41, 5.74) is 0.637. The summed E-state index contributed by atoms with van der Waals surface area (Å²) in [5, 5.41) is 5.17. The summed E-state index contributed by atoms with van der Waals surface area (Å²) in [6.07, 6.45) is 0. The Balaban J connectivity index is 2.54. The summed E-state index contributed by atoms with van der Waals surface area (Å²) < 4.78 is 12.9. The quantitative estimate of drug-likeness (QED) is 0.881. The SMILES string of the molecule is Cc1cc(F)ccc1NC(=O)CNC(=O)C(C)(C)C. The van der Waals surface area contributed by atoms with Crippen LogP contribution in [0.25, 0.3) is 0 Å². The van der Waals surface area contributed by atoms with E-state index in [0.717, 1.165) is 0 Å². The summed E-state index contributed by atoms with van der Waals surface area (Å²) in [6.45, 7) is 6.90. The fraction of sp³-hybridized carbons (Fsp3) is 0.429. The van der Waals surface area contributed by atoms with Crippen molar-refractivity contribution in [1.29, 1.82) is 0 Å². The number of halogens is 1. The molecule has 1 rings (SSSR count). The number of nitrogens with one attached hydrogen (secondary N) is 2. The van der Waals surface area contributed by atoms with Crippen LogP contribution in [0.4, 0.5) is 10.1 Å². The van der Waals surface area contributed by atoms with Crippen LogP contribution in [0.2, 0.25) is 0 Å². The maximum absolute atomic E-state index is 12.9. The zero-order valence-electron chi connectivity index (χ0n) is 11.6. The number of carbonyl (C=O) groups is 2. The van der Waals surface area contributed by atoms with Crippen molar-refractivity contribution in [1.82, 2.24) is 5.32 Å². The van der Waals surface area contributed by atoms with Gasteiger partial charge in [0, 0.05) is 11.1 Å². The van der Waals surface area contributed by atoms with Crippen molar-refractivity contribution in [2.45, 2.75) is 27.7 Å². The number of anilines is 1. The number of rotatable bonds is 3. The molecule has 0 unspecified atom stereocenters. The van der Waals surface area contributed by atoms with Gasteiger partial charge in [-0.25, -0.2) is 4.39 Å². The minimum absolute atomic E-state index is 0.104. The van der Waals surface area contributed by atoms with Gasteiger partial charge in [0.1, 0.15) is 5.82 Å². The van der Waals surface area contributed by atoms with Gasteiger partial charge in [-0.1, -0.05) is 20.8 Å². The molecular weight excluding hydrogens is 247 g/mol. The van der Waals surface area contributed by atoms with Crippen LogP contribution in [0, 0.1) is 18.2 Å². The Morgan fingerprint density at radius 1 is 1.26 bits per heavy atom. The third kappa shape index (κ3) is 4.69. The lowest BCUT2D eigenvalue weighted by Gasteiger charge is -2.17. The molecule has 0 aromatic heterocycles. The Labute approximate surface area is 112 Å². The van der Waals surface area contributed by atoms with Crippen LogP contribution in [0.5, 0.6) is 0 Å². The topological polar surface area (TPSA) is 58.2 Å². The lowest BCUT2D eigenvalue weighted by Crippen LogP contribution is -2.39. The van der Waals surface area contributed by atoms with Crippen molar-refractivity contribution in [3.8, 4) is 0 Å². The van der Waals surface area contributed by atoms with Crippen LogP contribution in [0.15, 0.2) is 18.2 Å². The van der Waals surface area contributed by atoms with E-state index >= 15 is 0 Å². The van der Waals surface area contributed by atoms with Gasteiger partial charge in [-0.3, -0.25) is 9.59 Å². The molecule has 1 aromatic carbocycles. The summed E-state index contributed by atoms with van der Waals surface area (Å²) >= 11 is 0. The van der Waals surface area contributed by atoms with Crippen molar-refractivity contribution in [2.24, 2.45) is 5.41 Å². The zero-order valence-corrected chi connectivity index (χ0v) is 11.6. The van der Waals surface area contributed by atoms with E-state index in [1.54, 1.807) is 27.7 Å². The highest BCUT2D eigenvalue weighted by Gasteiger charge is 2.21. The first kappa shape index (κ1) is 15.1. The number of benzene rings is 1. The molecule has 104 valence electrons. The predicted molar refractivity (Wildman–Crippen MR) is 72.2 cm³/mol. The minimum atomic E-state index is -0.536. The van der Waals surface area contributed by atoms with Gasteiger partial charge in [-0.05, 0) is 30.7 Å². The second-order valence-electron chi connectivity index (χ2n) is 5.44. The molecule has 2 N–H and O–H groups in total. The van der Waals surface area contributed by atoms with Gasteiger partial charge >= 0.3 is 0 Å². The van der Waals surface area contributed by atoms with Crippen LogP contribution in [0.3, 0.4) is 0 Å². The standard InChI is InChI=1S/C14H19FN2O2/c1-9-7-10(15)5-6-11(9)17-12(18)8-16-13(19)14(2,3)4/h5-7H,8H2,1-4H3,(H,16,19)(H,17,18). The van der Waals surface area contributed by atoms with Crippen molar-refractivity contribution < 1.29 is 14.0 Å². The van der Waals surface area contributed by atoms with Gasteiger partial charge in [-0.2, -0.15) is 0 Å². The average molecular weight is 266 g/mol. The Morgan fingerprint density at radius 2 is 1.89 bits per heavy atom. The smallest absolute Gasteiger partial charge is 0.243 e. The highest BCUT2D eigenvalue weighted by molar-refractivity contribution is 5.95.